The fourth-order valence-corrected chi connectivity index (χ4v) is 4.53. The van der Waals surface area contributed by atoms with Gasteiger partial charge in [0.1, 0.15) is 0 Å². The topological polar surface area (TPSA) is 27.7 Å². The molecule has 1 atom stereocenters. The van der Waals surface area contributed by atoms with Crippen LogP contribution < -0.4 is 0 Å². The first kappa shape index (κ1) is 15.8. The van der Waals surface area contributed by atoms with Crippen LogP contribution >= 0.6 is 0 Å². The molecule has 16 heavy (non-hydrogen) atoms. The number of allylic oxidation sites excluding steroid dienone is 1. The summed E-state index contributed by atoms with van der Waals surface area (Å²) in [5.41, 5.74) is 1.15. The maximum Gasteiger partial charge on any atom is 0.501 e. The van der Waals surface area contributed by atoms with Crippen molar-refractivity contribution in [3.8, 4) is 0 Å². The van der Waals surface area contributed by atoms with E-state index in [1.165, 1.54) is 0 Å². The monoisotopic (exact) mass is 246 g/mol. The Morgan fingerprint density at radius 1 is 1.06 bits per heavy atom. The molecule has 0 saturated carbocycles. The van der Waals surface area contributed by atoms with Gasteiger partial charge < -0.3 is 13.3 Å². The van der Waals surface area contributed by atoms with Crippen molar-refractivity contribution in [2.75, 3.05) is 19.8 Å². The fourth-order valence-electron chi connectivity index (χ4n) is 1.51. The number of hydrogen-bond donors (Lipinski definition) is 0. The van der Waals surface area contributed by atoms with Gasteiger partial charge in [-0.2, -0.15) is 0 Å². The molecule has 0 aliphatic rings. The number of hydrogen-bond acceptors (Lipinski definition) is 3. The lowest BCUT2D eigenvalue weighted by Gasteiger charge is -2.30. The van der Waals surface area contributed by atoms with Gasteiger partial charge >= 0.3 is 8.80 Å². The second-order valence-electron chi connectivity index (χ2n) is 3.93. The molecule has 0 aromatic carbocycles. The summed E-state index contributed by atoms with van der Waals surface area (Å²) in [6.07, 6.45) is 0. The largest absolute Gasteiger partial charge is 0.501 e. The zero-order valence-electron chi connectivity index (χ0n) is 11.3. The van der Waals surface area contributed by atoms with E-state index in [4.69, 9.17) is 13.3 Å². The molecule has 4 heteroatoms. The molecule has 1 unspecified atom stereocenters. The lowest BCUT2D eigenvalue weighted by atomic mass is 10.1. The maximum atomic E-state index is 5.78. The maximum absolute atomic E-state index is 5.78. The molecule has 0 N–H and O–H groups in total. The van der Waals surface area contributed by atoms with Gasteiger partial charge in [0.05, 0.1) is 0 Å². The van der Waals surface area contributed by atoms with Crippen molar-refractivity contribution in [3.63, 3.8) is 0 Å². The normalized spacial score (nSPS) is 13.8. The average Bonchev–Trinajstić information content (AvgIpc) is 2.18. The summed E-state index contributed by atoms with van der Waals surface area (Å²) < 4.78 is 17.4. The van der Waals surface area contributed by atoms with Gasteiger partial charge in [-0.3, -0.25) is 0 Å². The van der Waals surface area contributed by atoms with E-state index in [1.807, 2.05) is 27.7 Å². The van der Waals surface area contributed by atoms with E-state index in [9.17, 15) is 0 Å². The molecule has 0 heterocycles. The lowest BCUT2D eigenvalue weighted by Crippen LogP contribution is -2.47. The van der Waals surface area contributed by atoms with Gasteiger partial charge in [0, 0.05) is 25.9 Å². The Hall–Kier alpha value is -0.163. The molecule has 0 saturated heterocycles. The molecule has 0 fully saturated rings. The molecular weight excluding hydrogens is 220 g/mol. The molecule has 0 aromatic rings. The highest BCUT2D eigenvalue weighted by molar-refractivity contribution is 6.60. The van der Waals surface area contributed by atoms with Gasteiger partial charge in [0.15, 0.2) is 0 Å². The first-order chi connectivity index (χ1) is 7.51. The van der Waals surface area contributed by atoms with E-state index in [0.717, 1.165) is 11.6 Å². The van der Waals surface area contributed by atoms with E-state index in [-0.39, 0.29) is 0 Å². The fraction of sp³-hybridized carbons (Fsp3) is 0.833. The molecule has 0 aromatic heterocycles. The first-order valence-electron chi connectivity index (χ1n) is 6.08. The minimum absolute atomic E-state index is 0.372. The lowest BCUT2D eigenvalue weighted by molar-refractivity contribution is 0.0687. The average molecular weight is 246 g/mol. The molecule has 0 radical (unpaired) electrons. The molecule has 0 aliphatic carbocycles. The third-order valence-electron chi connectivity index (χ3n) is 2.49. The van der Waals surface area contributed by atoms with Gasteiger partial charge in [0.2, 0.25) is 0 Å². The number of rotatable bonds is 9. The third kappa shape index (κ3) is 5.25. The van der Waals surface area contributed by atoms with E-state index in [2.05, 4.69) is 13.5 Å². The Labute approximate surface area is 101 Å². The van der Waals surface area contributed by atoms with Crippen LogP contribution in [-0.4, -0.2) is 28.6 Å². The van der Waals surface area contributed by atoms with Crippen LogP contribution in [0.15, 0.2) is 12.2 Å². The summed E-state index contributed by atoms with van der Waals surface area (Å²) in [7, 11) is -2.48. The highest BCUT2D eigenvalue weighted by Crippen LogP contribution is 2.25. The Bertz CT molecular complexity index is 189. The van der Waals surface area contributed by atoms with Gasteiger partial charge in [-0.25, -0.2) is 0 Å². The predicted molar refractivity (Wildman–Crippen MR) is 69.4 cm³/mol. The SMILES string of the molecule is C=C(C)C(C)C[Si](OCC)(OCC)OCC. The summed E-state index contributed by atoms with van der Waals surface area (Å²) in [6.45, 7) is 16.0. The summed E-state index contributed by atoms with van der Waals surface area (Å²) in [5, 5.41) is 0. The van der Waals surface area contributed by atoms with Gasteiger partial charge in [-0.15, -0.1) is 0 Å². The van der Waals surface area contributed by atoms with Crippen LogP contribution in [0.2, 0.25) is 6.04 Å². The van der Waals surface area contributed by atoms with Gasteiger partial charge in [-0.1, -0.05) is 19.1 Å². The van der Waals surface area contributed by atoms with E-state index in [0.29, 0.717) is 25.7 Å². The molecule has 0 rings (SSSR count). The minimum Gasteiger partial charge on any atom is -0.374 e. The van der Waals surface area contributed by atoms with Crippen molar-refractivity contribution >= 4 is 8.80 Å². The van der Waals surface area contributed by atoms with Crippen LogP contribution in [0.25, 0.3) is 0 Å². The smallest absolute Gasteiger partial charge is 0.374 e. The molecule has 0 bridgehead atoms. The van der Waals surface area contributed by atoms with Crippen LogP contribution in [0.3, 0.4) is 0 Å². The standard InChI is InChI=1S/C12H26O3Si/c1-7-13-16(14-8-2,15-9-3)10-12(6)11(4)5/h12H,4,7-10H2,1-3,5-6H3. The molecular formula is C12H26O3Si. The summed E-state index contributed by atoms with van der Waals surface area (Å²) >= 11 is 0. The van der Waals surface area contributed by atoms with Crippen LogP contribution in [-0.2, 0) is 13.3 Å². The summed E-state index contributed by atoms with van der Waals surface area (Å²) in [6, 6.07) is 0.817. The second kappa shape index (κ2) is 8.01. The Morgan fingerprint density at radius 2 is 1.44 bits per heavy atom. The highest BCUT2D eigenvalue weighted by Gasteiger charge is 2.41. The Morgan fingerprint density at radius 3 is 1.69 bits per heavy atom. The van der Waals surface area contributed by atoms with Crippen molar-refractivity contribution < 1.29 is 13.3 Å². The molecule has 0 amide bonds. The van der Waals surface area contributed by atoms with Gasteiger partial charge in [0.25, 0.3) is 0 Å². The van der Waals surface area contributed by atoms with Crippen LogP contribution in [0, 0.1) is 5.92 Å². The zero-order chi connectivity index (χ0) is 12.6. The van der Waals surface area contributed by atoms with E-state index >= 15 is 0 Å². The van der Waals surface area contributed by atoms with Crippen molar-refractivity contribution in [3.05, 3.63) is 12.2 Å². The van der Waals surface area contributed by atoms with Crippen molar-refractivity contribution in [2.45, 2.75) is 40.7 Å². The molecule has 3 nitrogen and oxygen atoms in total. The van der Waals surface area contributed by atoms with Gasteiger partial charge in [-0.05, 0) is 33.6 Å². The van der Waals surface area contributed by atoms with Crippen LogP contribution in [0.1, 0.15) is 34.6 Å². The Balaban J connectivity index is 4.64. The third-order valence-corrected chi connectivity index (χ3v) is 5.79. The second-order valence-corrected chi connectivity index (χ2v) is 6.57. The quantitative estimate of drug-likeness (QED) is 0.462. The van der Waals surface area contributed by atoms with Crippen molar-refractivity contribution in [1.82, 2.24) is 0 Å². The molecule has 0 aliphatic heterocycles. The Kier molecular flexibility index (Phi) is 7.92. The van der Waals surface area contributed by atoms with Crippen LogP contribution in [0.5, 0.6) is 0 Å². The van der Waals surface area contributed by atoms with Crippen molar-refractivity contribution in [1.29, 1.82) is 0 Å². The molecule has 0 spiro atoms. The highest BCUT2D eigenvalue weighted by atomic mass is 28.4. The summed E-state index contributed by atoms with van der Waals surface area (Å²) in [5.74, 6) is 0.372. The van der Waals surface area contributed by atoms with Crippen molar-refractivity contribution in [2.24, 2.45) is 5.92 Å². The van der Waals surface area contributed by atoms with Crippen LogP contribution in [0.4, 0.5) is 0 Å². The minimum atomic E-state index is -2.48. The zero-order valence-corrected chi connectivity index (χ0v) is 12.3. The van der Waals surface area contributed by atoms with E-state index < -0.39 is 8.80 Å². The van der Waals surface area contributed by atoms with E-state index in [1.54, 1.807) is 0 Å². The molecule has 96 valence electrons. The summed E-state index contributed by atoms with van der Waals surface area (Å²) in [4.78, 5) is 0. The predicted octanol–water partition coefficient (Wildman–Crippen LogP) is 3.25. The first-order valence-corrected chi connectivity index (χ1v) is 8.01.